The number of carboxylic acids is 4. The topological polar surface area (TPSA) is 214 Å². The lowest BCUT2D eigenvalue weighted by atomic mass is 10.2. The van der Waals surface area contributed by atoms with Crippen molar-refractivity contribution >= 4 is 46.6 Å². The first-order valence-corrected chi connectivity index (χ1v) is 14.8. The second-order valence-corrected chi connectivity index (χ2v) is 10.9. The molecule has 0 aromatic carbocycles. The van der Waals surface area contributed by atoms with Crippen molar-refractivity contribution in [1.29, 1.82) is 0 Å². The van der Waals surface area contributed by atoms with Crippen LogP contribution in [0, 0.1) is 0 Å². The fraction of sp³-hybridized carbons (Fsp3) is 0.250. The Balaban J connectivity index is 1.55. The summed E-state index contributed by atoms with van der Waals surface area (Å²) in [6.45, 7) is 2.88. The van der Waals surface area contributed by atoms with Gasteiger partial charge in [0.2, 0.25) is 0 Å². The Labute approximate surface area is 274 Å². The van der Waals surface area contributed by atoms with Gasteiger partial charge in [-0.3, -0.25) is 19.9 Å². The first kappa shape index (κ1) is 33.1. The van der Waals surface area contributed by atoms with Gasteiger partial charge in [-0.25, -0.2) is 19.2 Å². The summed E-state index contributed by atoms with van der Waals surface area (Å²) in [6, 6.07) is 6.11. The highest BCUT2D eigenvalue weighted by atomic mass is 16.4. The van der Waals surface area contributed by atoms with Crippen LogP contribution in [0.1, 0.15) is 41.4 Å². The predicted molar refractivity (Wildman–Crippen MR) is 174 cm³/mol. The molecule has 0 amide bonds. The molecule has 0 radical (unpaired) electrons. The van der Waals surface area contributed by atoms with E-state index < -0.39 is 23.9 Å². The van der Waals surface area contributed by atoms with Gasteiger partial charge in [-0.1, -0.05) is 0 Å². The van der Waals surface area contributed by atoms with Crippen LogP contribution in [0.4, 0.5) is 22.7 Å². The van der Waals surface area contributed by atoms with E-state index in [0.717, 1.165) is 0 Å². The maximum Gasteiger partial charge on any atom is 0.337 e. The Bertz CT molecular complexity index is 1540. The summed E-state index contributed by atoms with van der Waals surface area (Å²) in [5, 5.41) is 38.5. The predicted octanol–water partition coefficient (Wildman–Crippen LogP) is 2.40. The van der Waals surface area contributed by atoms with Crippen LogP contribution in [0.3, 0.4) is 0 Å². The summed E-state index contributed by atoms with van der Waals surface area (Å²) in [5.41, 5.74) is 2.27. The van der Waals surface area contributed by atoms with Gasteiger partial charge in [-0.2, -0.15) is 0 Å². The van der Waals surface area contributed by atoms with Crippen LogP contribution < -0.4 is 19.6 Å². The smallest absolute Gasteiger partial charge is 0.337 e. The minimum absolute atomic E-state index is 0.0110. The van der Waals surface area contributed by atoms with Crippen LogP contribution in [-0.4, -0.2) is 117 Å². The number of hydrogen-bond donors (Lipinski definition) is 4. The first-order valence-electron chi connectivity index (χ1n) is 14.8. The van der Waals surface area contributed by atoms with Gasteiger partial charge in [0.15, 0.2) is 0 Å². The molecule has 248 valence electrons. The van der Waals surface area contributed by atoms with E-state index in [0.29, 0.717) is 75.1 Å². The number of aromatic nitrogens is 4. The van der Waals surface area contributed by atoms with E-state index in [2.05, 4.69) is 19.9 Å². The lowest BCUT2D eigenvalue weighted by Crippen LogP contribution is -2.46. The van der Waals surface area contributed by atoms with E-state index in [1.165, 1.54) is 49.1 Å². The Morgan fingerprint density at radius 2 is 0.562 bits per heavy atom. The van der Waals surface area contributed by atoms with Crippen molar-refractivity contribution < 1.29 is 39.6 Å². The molecule has 5 heterocycles. The largest absolute Gasteiger partial charge is 0.478 e. The minimum Gasteiger partial charge on any atom is -0.478 e. The highest BCUT2D eigenvalue weighted by Gasteiger charge is 2.21. The average Bonchev–Trinajstić information content (AvgIpc) is 3.08. The van der Waals surface area contributed by atoms with E-state index in [9.17, 15) is 39.6 Å². The number of nitrogens with zero attached hydrogens (tertiary/aromatic N) is 8. The molecule has 16 nitrogen and oxygen atoms in total. The van der Waals surface area contributed by atoms with Crippen molar-refractivity contribution in [2.75, 3.05) is 72.0 Å². The number of rotatable bonds is 8. The van der Waals surface area contributed by atoms with Gasteiger partial charge >= 0.3 is 23.9 Å². The Kier molecular flexibility index (Phi) is 10.2. The van der Waals surface area contributed by atoms with Crippen LogP contribution >= 0.6 is 0 Å². The van der Waals surface area contributed by atoms with Gasteiger partial charge in [0.05, 0.1) is 69.8 Å². The van der Waals surface area contributed by atoms with Crippen molar-refractivity contribution in [2.24, 2.45) is 0 Å². The molecule has 1 saturated heterocycles. The zero-order valence-electron chi connectivity index (χ0n) is 25.6. The van der Waals surface area contributed by atoms with Gasteiger partial charge in [0, 0.05) is 77.1 Å². The average molecular weight is 657 g/mol. The van der Waals surface area contributed by atoms with Crippen molar-refractivity contribution in [3.8, 4) is 0 Å². The summed E-state index contributed by atoms with van der Waals surface area (Å²) in [5.74, 6) is -4.51. The van der Waals surface area contributed by atoms with E-state index in [-0.39, 0.29) is 22.3 Å². The molecule has 48 heavy (non-hydrogen) atoms. The fourth-order valence-electron chi connectivity index (χ4n) is 5.32. The molecule has 1 fully saturated rings. The summed E-state index contributed by atoms with van der Waals surface area (Å²) >= 11 is 0. The van der Waals surface area contributed by atoms with Crippen molar-refractivity contribution in [3.05, 3.63) is 96.1 Å². The fourth-order valence-corrected chi connectivity index (χ4v) is 5.32. The van der Waals surface area contributed by atoms with Crippen LogP contribution in [0.25, 0.3) is 0 Å². The molecule has 0 aliphatic carbocycles. The summed E-state index contributed by atoms with van der Waals surface area (Å²) in [7, 11) is 0. The highest BCUT2D eigenvalue weighted by Crippen LogP contribution is 2.23. The number of carboxylic acid groups (broad SMARTS) is 4. The second-order valence-electron chi connectivity index (χ2n) is 10.9. The summed E-state index contributed by atoms with van der Waals surface area (Å²) in [6.07, 6.45) is 11.3. The lowest BCUT2D eigenvalue weighted by molar-refractivity contribution is 0.0685. The molecule has 16 heteroatoms. The van der Waals surface area contributed by atoms with E-state index in [1.807, 2.05) is 19.6 Å². The lowest BCUT2D eigenvalue weighted by Gasteiger charge is -2.37. The molecular weight excluding hydrogens is 624 g/mol. The van der Waals surface area contributed by atoms with E-state index in [4.69, 9.17) is 0 Å². The van der Waals surface area contributed by atoms with Crippen LogP contribution in [0.15, 0.2) is 73.8 Å². The molecular formula is C32H32N8O8. The third-order valence-electron chi connectivity index (χ3n) is 7.90. The minimum atomic E-state index is -1.13. The Hall–Kier alpha value is -6.32. The standard InChI is InChI=1S/C32H32N8O8/c41-29(42)21-9-25(17-33-13-21)37-1-2-38(26-10-22(30(43)44)14-34-18-26)5-6-40(28-12-24(32(47)48)16-36-20-28)8-7-39(4-3-37)27-11-23(31(45)46)15-35-19-27/h9-20H,1-8H2,(H,41,42)(H,43,44)(H,45,46)(H,47,48). The zero-order valence-corrected chi connectivity index (χ0v) is 25.6. The molecule has 1 aliphatic heterocycles. The number of hydrogen-bond acceptors (Lipinski definition) is 12. The summed E-state index contributed by atoms with van der Waals surface area (Å²) in [4.78, 5) is 71.5. The molecule has 4 N–H and O–H groups in total. The van der Waals surface area contributed by atoms with Crippen LogP contribution in [0.5, 0.6) is 0 Å². The molecule has 0 bridgehead atoms. The molecule has 4 aromatic rings. The number of carbonyl (C=O) groups is 4. The van der Waals surface area contributed by atoms with Crippen LogP contribution in [0.2, 0.25) is 0 Å². The van der Waals surface area contributed by atoms with Gasteiger partial charge in [-0.15, -0.1) is 0 Å². The normalized spacial score (nSPS) is 14.5. The molecule has 0 spiro atoms. The monoisotopic (exact) mass is 656 g/mol. The molecule has 1 aliphatic rings. The zero-order chi connectivity index (χ0) is 34.2. The highest BCUT2D eigenvalue weighted by molar-refractivity contribution is 5.90. The summed E-state index contributed by atoms with van der Waals surface area (Å²) < 4.78 is 0. The van der Waals surface area contributed by atoms with Crippen molar-refractivity contribution in [3.63, 3.8) is 0 Å². The van der Waals surface area contributed by atoms with Gasteiger partial charge in [-0.05, 0) is 24.3 Å². The van der Waals surface area contributed by atoms with Gasteiger partial charge < -0.3 is 40.0 Å². The molecule has 5 rings (SSSR count). The molecule has 0 atom stereocenters. The third-order valence-corrected chi connectivity index (χ3v) is 7.90. The SMILES string of the molecule is O=C(O)c1cncc(N2CCN(c3cncc(C(=O)O)c3)CCN(c3cncc(C(=O)O)c3)CCN(c3cncc(C(=O)O)c3)CC2)c1. The van der Waals surface area contributed by atoms with Crippen molar-refractivity contribution in [2.45, 2.75) is 0 Å². The van der Waals surface area contributed by atoms with Gasteiger partial charge in [0.25, 0.3) is 0 Å². The Morgan fingerprint density at radius 3 is 0.729 bits per heavy atom. The van der Waals surface area contributed by atoms with Gasteiger partial charge in [0.1, 0.15) is 0 Å². The first-order chi connectivity index (χ1) is 23.1. The number of pyridine rings is 4. The maximum atomic E-state index is 11.8. The quantitative estimate of drug-likeness (QED) is 0.214. The van der Waals surface area contributed by atoms with Crippen molar-refractivity contribution in [1.82, 2.24) is 19.9 Å². The molecule has 4 aromatic heterocycles. The second kappa shape index (κ2) is 14.8. The number of anilines is 4. The molecule has 0 saturated carbocycles. The Morgan fingerprint density at radius 1 is 0.375 bits per heavy atom. The van der Waals surface area contributed by atoms with E-state index >= 15 is 0 Å². The maximum absolute atomic E-state index is 11.8. The van der Waals surface area contributed by atoms with E-state index in [1.54, 1.807) is 24.8 Å². The third kappa shape index (κ3) is 8.09. The molecule has 0 unspecified atom stereocenters. The number of aromatic carboxylic acids is 4. The van der Waals surface area contributed by atoms with Crippen LogP contribution in [-0.2, 0) is 0 Å².